The van der Waals surface area contributed by atoms with Gasteiger partial charge in [0.1, 0.15) is 11.3 Å². The quantitative estimate of drug-likeness (QED) is 0.508. The van der Waals surface area contributed by atoms with Crippen LogP contribution in [0.5, 0.6) is 0 Å². The summed E-state index contributed by atoms with van der Waals surface area (Å²) in [7, 11) is 2.11. The van der Waals surface area contributed by atoms with Crippen molar-refractivity contribution >= 4 is 35.3 Å². The second kappa shape index (κ2) is 5.27. The minimum Gasteiger partial charge on any atom is -0.452 e. The highest BCUT2D eigenvalue weighted by Gasteiger charge is 2.33. The number of nitrogens with zero attached hydrogens (tertiary/aromatic N) is 2. The molecule has 1 aromatic carbocycles. The summed E-state index contributed by atoms with van der Waals surface area (Å²) < 4.78 is 8.38. The summed E-state index contributed by atoms with van der Waals surface area (Å²) in [5, 5.41) is 2.42. The van der Waals surface area contributed by atoms with Gasteiger partial charge in [-0.15, -0.1) is 0 Å². The molecule has 0 saturated carbocycles. The molecule has 3 nitrogen and oxygen atoms in total. The zero-order valence-corrected chi connectivity index (χ0v) is 14.9. The van der Waals surface area contributed by atoms with Gasteiger partial charge in [-0.3, -0.25) is 4.81 Å². The lowest BCUT2D eigenvalue weighted by Crippen LogP contribution is -2.50. The summed E-state index contributed by atoms with van der Waals surface area (Å²) in [4.78, 5) is 2.36. The van der Waals surface area contributed by atoms with Crippen LogP contribution >= 0.6 is 0 Å². The van der Waals surface area contributed by atoms with Crippen LogP contribution in [0.15, 0.2) is 40.9 Å². The van der Waals surface area contributed by atoms with Crippen molar-refractivity contribution in [1.29, 1.82) is 0 Å². The van der Waals surface area contributed by atoms with Crippen LogP contribution in [0.3, 0.4) is 0 Å². The molecule has 0 radical (unpaired) electrons. The molecule has 3 heterocycles. The topological polar surface area (TPSA) is 20.3 Å². The van der Waals surface area contributed by atoms with E-state index in [1.807, 2.05) is 12.1 Å². The van der Waals surface area contributed by atoms with Gasteiger partial charge in [0.15, 0.2) is 5.42 Å². The molecule has 0 bridgehead atoms. The van der Waals surface area contributed by atoms with E-state index in [9.17, 15) is 0 Å². The Morgan fingerprint density at radius 3 is 2.62 bits per heavy atom. The number of aromatic nitrogens is 1. The molecule has 0 aliphatic carbocycles. The maximum Gasteiger partial charge on any atom is 0.402 e. The van der Waals surface area contributed by atoms with Gasteiger partial charge in [0.2, 0.25) is 0 Å². The average Bonchev–Trinajstić information content (AvgIpc) is 2.91. The number of hydrogen-bond donors (Lipinski definition) is 0. The zero-order chi connectivity index (χ0) is 17.0. The maximum atomic E-state index is 6.18. The Kier molecular flexibility index (Phi) is 3.31. The summed E-state index contributed by atoms with van der Waals surface area (Å²) in [6.45, 7) is 8.98. The Bertz CT molecular complexity index is 1080. The molecule has 0 atom stereocenters. The SMILES string of the molecule is CB1C=c2c(oc3ccccc23)=C(C)N1c1cc(C)c(C)c[n+]1C. The Labute approximate surface area is 142 Å². The van der Waals surface area contributed by atoms with Crippen molar-refractivity contribution in [3.63, 3.8) is 0 Å². The summed E-state index contributed by atoms with van der Waals surface area (Å²) >= 11 is 0. The number of para-hydroxylation sites is 1. The molecule has 0 amide bonds. The number of rotatable bonds is 1. The summed E-state index contributed by atoms with van der Waals surface area (Å²) in [5.41, 5.74) is 5.70. The van der Waals surface area contributed by atoms with E-state index in [0.29, 0.717) is 0 Å². The first-order valence-corrected chi connectivity index (χ1v) is 8.44. The minimum absolute atomic E-state index is 0.270. The third kappa shape index (κ3) is 2.09. The Morgan fingerprint density at radius 2 is 1.83 bits per heavy atom. The first-order chi connectivity index (χ1) is 11.5. The van der Waals surface area contributed by atoms with Crippen molar-refractivity contribution in [2.75, 3.05) is 4.81 Å². The fourth-order valence-corrected chi connectivity index (χ4v) is 3.72. The van der Waals surface area contributed by atoms with E-state index in [2.05, 4.69) is 74.4 Å². The molecule has 1 aliphatic rings. The molecular formula is C20H22BN2O+. The molecule has 24 heavy (non-hydrogen) atoms. The largest absolute Gasteiger partial charge is 0.452 e. The number of pyridine rings is 1. The first kappa shape index (κ1) is 15.1. The zero-order valence-electron chi connectivity index (χ0n) is 14.9. The number of anilines is 1. The van der Waals surface area contributed by atoms with E-state index in [-0.39, 0.29) is 6.85 Å². The van der Waals surface area contributed by atoms with Gasteiger partial charge in [-0.05, 0) is 44.8 Å². The fraction of sp³-hybridized carbons (Fsp3) is 0.250. The van der Waals surface area contributed by atoms with Crippen LogP contribution in [0.4, 0.5) is 5.82 Å². The van der Waals surface area contributed by atoms with Crippen molar-refractivity contribution in [3.05, 3.63) is 58.3 Å². The third-order valence-electron chi connectivity index (χ3n) is 5.10. The van der Waals surface area contributed by atoms with Gasteiger partial charge in [0, 0.05) is 16.7 Å². The predicted molar refractivity (Wildman–Crippen MR) is 100 cm³/mol. The second-order valence-corrected chi connectivity index (χ2v) is 6.81. The van der Waals surface area contributed by atoms with Crippen LogP contribution in [0, 0.1) is 13.8 Å². The lowest BCUT2D eigenvalue weighted by atomic mass is 9.60. The van der Waals surface area contributed by atoms with E-state index >= 15 is 0 Å². The van der Waals surface area contributed by atoms with Gasteiger partial charge < -0.3 is 4.42 Å². The van der Waals surface area contributed by atoms with E-state index in [1.54, 1.807) is 0 Å². The van der Waals surface area contributed by atoms with Crippen LogP contribution in [-0.4, -0.2) is 6.85 Å². The fourth-order valence-electron chi connectivity index (χ4n) is 3.72. The molecule has 0 unspecified atom stereocenters. The van der Waals surface area contributed by atoms with Crippen LogP contribution < -0.4 is 20.0 Å². The summed E-state index contributed by atoms with van der Waals surface area (Å²) in [5.74, 6) is 3.49. The van der Waals surface area contributed by atoms with Gasteiger partial charge >= 0.3 is 6.85 Å². The minimum atomic E-state index is 0.270. The normalized spacial score (nSPS) is 14.1. The average molecular weight is 317 g/mol. The molecule has 0 saturated heterocycles. The van der Waals surface area contributed by atoms with Gasteiger partial charge in [0.05, 0.1) is 13.2 Å². The molecular weight excluding hydrogens is 295 g/mol. The van der Waals surface area contributed by atoms with Crippen molar-refractivity contribution in [3.8, 4) is 0 Å². The number of furan rings is 1. The lowest BCUT2D eigenvalue weighted by molar-refractivity contribution is -0.658. The van der Waals surface area contributed by atoms with Crippen molar-refractivity contribution < 1.29 is 8.98 Å². The first-order valence-electron chi connectivity index (χ1n) is 8.44. The Morgan fingerprint density at radius 1 is 1.08 bits per heavy atom. The van der Waals surface area contributed by atoms with E-state index in [1.165, 1.54) is 27.5 Å². The Balaban J connectivity index is 2.01. The molecule has 1 aliphatic heterocycles. The third-order valence-corrected chi connectivity index (χ3v) is 5.10. The number of aryl methyl sites for hydroxylation is 3. The van der Waals surface area contributed by atoms with Gasteiger partial charge in [-0.2, -0.15) is 0 Å². The number of benzene rings is 1. The van der Waals surface area contributed by atoms with Crippen molar-refractivity contribution in [2.45, 2.75) is 27.6 Å². The standard InChI is InChI=1S/C20H22BN2O/c1-13-10-19(22(5)12-14(13)2)23-15(3)20-17(11-21(23)4)16-8-6-7-9-18(16)24-20/h6-12H,1-5H3/q+1. The van der Waals surface area contributed by atoms with Crippen molar-refractivity contribution in [1.82, 2.24) is 0 Å². The van der Waals surface area contributed by atoms with Gasteiger partial charge in [-0.1, -0.05) is 24.2 Å². The van der Waals surface area contributed by atoms with E-state index < -0.39 is 0 Å². The molecule has 120 valence electrons. The molecule has 0 spiro atoms. The van der Waals surface area contributed by atoms with Crippen LogP contribution in [0.1, 0.15) is 18.1 Å². The smallest absolute Gasteiger partial charge is 0.402 e. The monoisotopic (exact) mass is 317 g/mol. The molecule has 0 fully saturated rings. The van der Waals surface area contributed by atoms with Gasteiger partial charge in [-0.25, -0.2) is 4.57 Å². The molecule has 3 aromatic rings. The summed E-state index contributed by atoms with van der Waals surface area (Å²) in [6, 6.07) is 10.5. The van der Waals surface area contributed by atoms with Crippen molar-refractivity contribution in [2.24, 2.45) is 7.05 Å². The molecule has 0 N–H and O–H groups in total. The second-order valence-electron chi connectivity index (χ2n) is 6.81. The van der Waals surface area contributed by atoms with Gasteiger partial charge in [0.25, 0.3) is 5.82 Å². The summed E-state index contributed by atoms with van der Waals surface area (Å²) in [6.07, 6.45) is 2.19. The lowest BCUT2D eigenvalue weighted by Gasteiger charge is -2.24. The van der Waals surface area contributed by atoms with Crippen LogP contribution in [0.25, 0.3) is 22.6 Å². The number of hydrogen-bond acceptors (Lipinski definition) is 2. The number of fused-ring (bicyclic) bond motifs is 3. The van der Waals surface area contributed by atoms with Crippen LogP contribution in [0.2, 0.25) is 6.82 Å². The van der Waals surface area contributed by atoms with Crippen LogP contribution in [-0.2, 0) is 7.05 Å². The molecule has 4 rings (SSSR count). The van der Waals surface area contributed by atoms with E-state index in [4.69, 9.17) is 4.42 Å². The highest BCUT2D eigenvalue weighted by molar-refractivity contribution is 6.77. The highest BCUT2D eigenvalue weighted by atomic mass is 16.3. The Hall–Kier alpha value is -2.49. The molecule has 4 heteroatoms. The highest BCUT2D eigenvalue weighted by Crippen LogP contribution is 2.22. The maximum absolute atomic E-state index is 6.18. The molecule has 2 aromatic heterocycles. The predicted octanol–water partition coefficient (Wildman–Crippen LogP) is 2.46. The van der Waals surface area contributed by atoms with E-state index in [0.717, 1.165) is 16.7 Å².